The van der Waals surface area contributed by atoms with Gasteiger partial charge >= 0.3 is 0 Å². The van der Waals surface area contributed by atoms with Gasteiger partial charge in [0, 0.05) is 21.0 Å². The number of fused-ring (bicyclic) bond motifs is 2. The van der Waals surface area contributed by atoms with Crippen molar-refractivity contribution in [2.45, 2.75) is 0 Å². The Morgan fingerprint density at radius 3 is 2.70 bits per heavy atom. The molecule has 0 fully saturated rings. The molecular weight excluding hydrogens is 398 g/mol. The van der Waals surface area contributed by atoms with Crippen molar-refractivity contribution < 1.29 is 0 Å². The normalized spacial score (nSPS) is 11.3. The molecule has 3 heterocycles. The minimum Gasteiger partial charge on any atom is -0.382 e. The summed E-state index contributed by atoms with van der Waals surface area (Å²) >= 11 is 9.23. The van der Waals surface area contributed by atoms with Crippen LogP contribution in [0.25, 0.3) is 30.7 Å². The second-order valence-corrected chi connectivity index (χ2v) is 8.33. The molecule has 5 nitrogen and oxygen atoms in total. The first-order chi connectivity index (χ1) is 13.2. The van der Waals surface area contributed by atoms with E-state index in [1.54, 1.807) is 22.7 Å². The zero-order chi connectivity index (χ0) is 18.4. The van der Waals surface area contributed by atoms with Crippen LogP contribution >= 0.6 is 34.3 Å². The standard InChI is InChI=1S/C19H12ClN5S2/c20-11-2-4-12(5-3-11)23-19-17-13(18(21)24-25-19)8-15(27-17)10-1-6-14-16(7-10)26-9-22-14/h1-9H,(H2,21,24)(H,23,25). The van der Waals surface area contributed by atoms with Crippen LogP contribution in [0.4, 0.5) is 17.3 Å². The Bertz CT molecular complexity index is 1280. The van der Waals surface area contributed by atoms with E-state index in [1.807, 2.05) is 35.8 Å². The molecule has 0 amide bonds. The third-order valence-corrected chi connectivity index (χ3v) is 6.44. The van der Waals surface area contributed by atoms with Crippen LogP contribution in [0.5, 0.6) is 0 Å². The van der Waals surface area contributed by atoms with Gasteiger partial charge in [0.15, 0.2) is 11.6 Å². The van der Waals surface area contributed by atoms with E-state index in [4.69, 9.17) is 17.3 Å². The van der Waals surface area contributed by atoms with Gasteiger partial charge in [0.1, 0.15) is 0 Å². The molecule has 0 atom stereocenters. The van der Waals surface area contributed by atoms with Crippen molar-refractivity contribution >= 4 is 71.9 Å². The maximum absolute atomic E-state index is 6.08. The number of thiazole rings is 1. The molecule has 132 valence electrons. The van der Waals surface area contributed by atoms with E-state index in [0.29, 0.717) is 16.7 Å². The first-order valence-corrected chi connectivity index (χ1v) is 10.2. The van der Waals surface area contributed by atoms with Crippen LogP contribution < -0.4 is 11.1 Å². The van der Waals surface area contributed by atoms with E-state index < -0.39 is 0 Å². The van der Waals surface area contributed by atoms with Crippen LogP contribution in [0.2, 0.25) is 5.02 Å². The van der Waals surface area contributed by atoms with Gasteiger partial charge in [-0.15, -0.1) is 32.9 Å². The largest absolute Gasteiger partial charge is 0.382 e. The first kappa shape index (κ1) is 16.4. The number of nitrogens with one attached hydrogen (secondary N) is 1. The lowest BCUT2D eigenvalue weighted by atomic mass is 10.1. The highest BCUT2D eigenvalue weighted by Gasteiger charge is 2.14. The van der Waals surface area contributed by atoms with Crippen molar-refractivity contribution in [3.05, 3.63) is 59.1 Å². The molecule has 0 spiro atoms. The molecule has 0 aliphatic heterocycles. The molecule has 0 unspecified atom stereocenters. The SMILES string of the molecule is Nc1nnc(Nc2ccc(Cl)cc2)c2sc(-c3ccc4ncsc4c3)cc12. The smallest absolute Gasteiger partial charge is 0.171 e. The van der Waals surface area contributed by atoms with E-state index >= 15 is 0 Å². The summed E-state index contributed by atoms with van der Waals surface area (Å²) in [7, 11) is 0. The molecule has 0 saturated heterocycles. The fourth-order valence-corrected chi connectivity index (χ4v) is 4.81. The van der Waals surface area contributed by atoms with Crippen LogP contribution in [-0.2, 0) is 0 Å². The second kappa shape index (κ2) is 6.45. The third-order valence-electron chi connectivity index (χ3n) is 4.20. The summed E-state index contributed by atoms with van der Waals surface area (Å²) in [5, 5.41) is 13.3. The van der Waals surface area contributed by atoms with Gasteiger partial charge in [0.05, 0.1) is 20.4 Å². The van der Waals surface area contributed by atoms with Crippen molar-refractivity contribution in [3.63, 3.8) is 0 Å². The summed E-state index contributed by atoms with van der Waals surface area (Å²) in [5.41, 5.74) is 11.0. The number of nitrogens with two attached hydrogens (primary N) is 1. The topological polar surface area (TPSA) is 76.7 Å². The predicted molar refractivity (Wildman–Crippen MR) is 115 cm³/mol. The van der Waals surface area contributed by atoms with Gasteiger partial charge in [0.25, 0.3) is 0 Å². The number of hydrogen-bond donors (Lipinski definition) is 2. The monoisotopic (exact) mass is 409 g/mol. The molecule has 3 N–H and O–H groups in total. The lowest BCUT2D eigenvalue weighted by molar-refractivity contribution is 1.07. The zero-order valence-electron chi connectivity index (χ0n) is 13.8. The van der Waals surface area contributed by atoms with Crippen LogP contribution in [0.1, 0.15) is 0 Å². The van der Waals surface area contributed by atoms with E-state index in [0.717, 1.165) is 36.4 Å². The summed E-state index contributed by atoms with van der Waals surface area (Å²) in [6.45, 7) is 0. The van der Waals surface area contributed by atoms with Crippen molar-refractivity contribution in [2.75, 3.05) is 11.1 Å². The molecule has 5 aromatic rings. The number of anilines is 3. The van der Waals surface area contributed by atoms with Crippen LogP contribution in [0.3, 0.4) is 0 Å². The van der Waals surface area contributed by atoms with Crippen LogP contribution in [0.15, 0.2) is 54.0 Å². The van der Waals surface area contributed by atoms with Gasteiger partial charge in [0.2, 0.25) is 0 Å². The molecule has 5 rings (SSSR count). The van der Waals surface area contributed by atoms with Crippen molar-refractivity contribution in [1.29, 1.82) is 0 Å². The zero-order valence-corrected chi connectivity index (χ0v) is 16.2. The Labute approximate surface area is 167 Å². The highest BCUT2D eigenvalue weighted by Crippen LogP contribution is 2.40. The Hall–Kier alpha value is -2.74. The average Bonchev–Trinajstić information content (AvgIpc) is 3.32. The number of benzene rings is 2. The maximum atomic E-state index is 6.08. The van der Waals surface area contributed by atoms with Gasteiger partial charge in [-0.25, -0.2) is 4.98 Å². The molecule has 3 aromatic heterocycles. The van der Waals surface area contributed by atoms with Crippen molar-refractivity contribution in [1.82, 2.24) is 15.2 Å². The molecule has 0 saturated carbocycles. The lowest BCUT2D eigenvalue weighted by Gasteiger charge is -2.06. The molecule has 0 aliphatic rings. The average molecular weight is 410 g/mol. The number of nitrogens with zero attached hydrogens (tertiary/aromatic N) is 3. The van der Waals surface area contributed by atoms with Crippen molar-refractivity contribution in [2.24, 2.45) is 0 Å². The van der Waals surface area contributed by atoms with Gasteiger partial charge in [-0.3, -0.25) is 0 Å². The summed E-state index contributed by atoms with van der Waals surface area (Å²) in [6.07, 6.45) is 0. The van der Waals surface area contributed by atoms with Gasteiger partial charge in [-0.2, -0.15) is 0 Å². The Morgan fingerprint density at radius 2 is 1.85 bits per heavy atom. The molecule has 2 aromatic carbocycles. The van der Waals surface area contributed by atoms with E-state index in [1.165, 1.54) is 0 Å². The summed E-state index contributed by atoms with van der Waals surface area (Å²) in [5.74, 6) is 1.10. The van der Waals surface area contributed by atoms with E-state index in [-0.39, 0.29) is 0 Å². The Morgan fingerprint density at radius 1 is 1.00 bits per heavy atom. The third kappa shape index (κ3) is 2.99. The molecular formula is C19H12ClN5S2. The number of nitrogen functional groups attached to an aromatic ring is 1. The Kier molecular flexibility index (Phi) is 3.93. The maximum Gasteiger partial charge on any atom is 0.171 e. The summed E-state index contributed by atoms with van der Waals surface area (Å²) in [6, 6.07) is 15.8. The first-order valence-electron chi connectivity index (χ1n) is 8.09. The Balaban J connectivity index is 1.61. The highest BCUT2D eigenvalue weighted by atomic mass is 35.5. The van der Waals surface area contributed by atoms with E-state index in [9.17, 15) is 0 Å². The lowest BCUT2D eigenvalue weighted by Crippen LogP contribution is -1.99. The fraction of sp³-hybridized carbons (Fsp3) is 0. The minimum atomic E-state index is 0.424. The predicted octanol–water partition coefficient (Wildman–Crippen LogP) is 5.95. The van der Waals surface area contributed by atoms with Crippen LogP contribution in [0, 0.1) is 0 Å². The highest BCUT2D eigenvalue weighted by molar-refractivity contribution is 7.23. The molecule has 8 heteroatoms. The number of halogens is 1. The van der Waals surface area contributed by atoms with Crippen LogP contribution in [-0.4, -0.2) is 15.2 Å². The number of rotatable bonds is 3. The summed E-state index contributed by atoms with van der Waals surface area (Å²) < 4.78 is 2.13. The van der Waals surface area contributed by atoms with Gasteiger partial charge in [-0.05, 0) is 48.0 Å². The molecule has 0 bridgehead atoms. The number of thiophene rings is 1. The fourth-order valence-electron chi connectivity index (χ4n) is 2.86. The minimum absolute atomic E-state index is 0.424. The van der Waals surface area contributed by atoms with E-state index in [2.05, 4.69) is 38.7 Å². The summed E-state index contributed by atoms with van der Waals surface area (Å²) in [4.78, 5) is 5.45. The van der Waals surface area contributed by atoms with Gasteiger partial charge < -0.3 is 11.1 Å². The molecule has 0 radical (unpaired) electrons. The van der Waals surface area contributed by atoms with Gasteiger partial charge in [-0.1, -0.05) is 17.7 Å². The number of hydrogen-bond acceptors (Lipinski definition) is 7. The quantitative estimate of drug-likeness (QED) is 0.385. The number of aromatic nitrogens is 3. The second-order valence-electron chi connectivity index (χ2n) is 5.95. The molecule has 0 aliphatic carbocycles. The molecule has 27 heavy (non-hydrogen) atoms. The van der Waals surface area contributed by atoms with Crippen molar-refractivity contribution in [3.8, 4) is 10.4 Å².